The van der Waals surface area contributed by atoms with Crippen LogP contribution in [0.5, 0.6) is 0 Å². The molecule has 0 aliphatic carbocycles. The maximum absolute atomic E-state index is 6.44. The summed E-state index contributed by atoms with van der Waals surface area (Å²) in [6, 6.07) is 93.5. The van der Waals surface area contributed by atoms with Crippen molar-refractivity contribution >= 4 is 68.5 Å². The van der Waals surface area contributed by atoms with Crippen LogP contribution in [0.15, 0.2) is 261 Å². The lowest BCUT2D eigenvalue weighted by Gasteiger charge is -2.39. The van der Waals surface area contributed by atoms with E-state index in [0.717, 1.165) is 129 Å². The highest BCUT2D eigenvalue weighted by Gasteiger charge is 2.38. The Morgan fingerprint density at radius 1 is 0.226 bits per heavy atom. The second-order valence-corrected chi connectivity index (χ2v) is 22.1. The van der Waals surface area contributed by atoms with Crippen LogP contribution >= 0.6 is 0 Å². The molecule has 0 saturated heterocycles. The molecule has 0 spiro atoms. The molecular weight excluding hydrogens is 1020 g/mol. The van der Waals surface area contributed by atoms with E-state index in [0.29, 0.717) is 17.5 Å². The Morgan fingerprint density at radius 2 is 0.440 bits per heavy atom. The van der Waals surface area contributed by atoms with Crippen molar-refractivity contribution in [2.45, 2.75) is 55.4 Å². The van der Waals surface area contributed by atoms with Gasteiger partial charge in [0.15, 0.2) is 17.5 Å². The number of benzene rings is 10. The van der Waals surface area contributed by atoms with Crippen LogP contribution in [0.25, 0.3) is 33.9 Å². The van der Waals surface area contributed by atoms with Gasteiger partial charge in [-0.15, -0.1) is 0 Å². The molecule has 0 bridgehead atoms. The molecule has 10 aromatic carbocycles. The molecule has 0 amide bonds. The normalized spacial score (nSPS) is 11.1. The summed E-state index contributed by atoms with van der Waals surface area (Å²) in [6.07, 6.45) is 0. The van der Waals surface area contributed by atoms with Gasteiger partial charge in [-0.3, -0.25) is 9.80 Å². The molecule has 0 N–H and O–H groups in total. The number of hydrogen-bond donors (Lipinski definition) is 0. The minimum Gasteiger partial charge on any atom is -0.306 e. The third kappa shape index (κ3) is 11.3. The maximum Gasteiger partial charge on any atom is 0.165 e. The van der Waals surface area contributed by atoms with Gasteiger partial charge in [-0.2, -0.15) is 0 Å². The molecule has 0 aliphatic heterocycles. The third-order valence-electron chi connectivity index (χ3n) is 15.4. The van der Waals surface area contributed by atoms with Crippen molar-refractivity contribution in [2.75, 3.05) is 19.6 Å². The van der Waals surface area contributed by atoms with Crippen LogP contribution < -0.4 is 19.6 Å². The van der Waals surface area contributed by atoms with E-state index in [1.807, 2.05) is 0 Å². The topological polar surface area (TPSA) is 51.6 Å². The second kappa shape index (κ2) is 23.6. The van der Waals surface area contributed by atoms with Gasteiger partial charge in [-0.05, 0) is 159 Å². The highest BCUT2D eigenvalue weighted by molar-refractivity contribution is 6.08. The van der Waals surface area contributed by atoms with E-state index in [4.69, 9.17) is 15.0 Å². The van der Waals surface area contributed by atoms with Gasteiger partial charge in [0.2, 0.25) is 0 Å². The second-order valence-electron chi connectivity index (χ2n) is 22.1. The number of nitrogens with zero attached hydrogens (tertiary/aromatic N) is 7. The van der Waals surface area contributed by atoms with Crippen molar-refractivity contribution in [3.8, 4) is 33.9 Å². The van der Waals surface area contributed by atoms with Gasteiger partial charge in [0.05, 0.1) is 17.0 Å². The highest BCUT2D eigenvalue weighted by atomic mass is 15.3. The first-order valence-electron chi connectivity index (χ1n) is 28.7. The molecule has 84 heavy (non-hydrogen) atoms. The predicted molar refractivity (Wildman–Crippen MR) is 353 cm³/mol. The number of aryl methyl sites for hydroxylation is 8. The van der Waals surface area contributed by atoms with Crippen LogP contribution in [0, 0.1) is 55.4 Å². The number of anilines is 12. The minimum atomic E-state index is 0.499. The van der Waals surface area contributed by atoms with Crippen LogP contribution in [0.4, 0.5) is 68.5 Å². The van der Waals surface area contributed by atoms with Gasteiger partial charge in [-0.25, -0.2) is 15.0 Å². The van der Waals surface area contributed by atoms with Crippen molar-refractivity contribution in [3.63, 3.8) is 0 Å². The first-order chi connectivity index (χ1) is 40.9. The van der Waals surface area contributed by atoms with Gasteiger partial charge in [0.25, 0.3) is 0 Å². The lowest BCUT2D eigenvalue weighted by molar-refractivity contribution is 1.08. The molecule has 12 rings (SSSR count). The quantitative estimate of drug-likeness (QED) is 0.101. The van der Waals surface area contributed by atoms with E-state index >= 15 is 0 Å². The zero-order valence-corrected chi connectivity index (χ0v) is 49.0. The molecule has 0 radical (unpaired) electrons. The predicted octanol–water partition coefficient (Wildman–Crippen LogP) is 21.2. The Bertz CT molecular complexity index is 3750. The molecule has 0 saturated carbocycles. The summed E-state index contributed by atoms with van der Waals surface area (Å²) in [5, 5.41) is 0. The summed E-state index contributed by atoms with van der Waals surface area (Å²) in [5.41, 5.74) is 22.2. The Morgan fingerprint density at radius 3 is 0.667 bits per heavy atom. The summed E-state index contributed by atoms with van der Waals surface area (Å²) in [4.78, 5) is 27.7. The number of hydrogen-bond acceptors (Lipinski definition) is 7. The number of aromatic nitrogens is 3. The Hall–Kier alpha value is -10.4. The van der Waals surface area contributed by atoms with Crippen molar-refractivity contribution in [3.05, 3.63) is 305 Å². The van der Waals surface area contributed by atoms with E-state index in [1.165, 1.54) is 0 Å². The van der Waals surface area contributed by atoms with Crippen LogP contribution in [-0.2, 0) is 0 Å². The van der Waals surface area contributed by atoms with Crippen molar-refractivity contribution in [2.24, 2.45) is 0 Å². The summed E-state index contributed by atoms with van der Waals surface area (Å²) < 4.78 is 0. The first kappa shape index (κ1) is 54.2. The summed E-state index contributed by atoms with van der Waals surface area (Å²) in [5.74, 6) is 1.79. The molecule has 2 aromatic heterocycles. The molecule has 2 heterocycles. The van der Waals surface area contributed by atoms with E-state index in [2.05, 4.69) is 336 Å². The molecule has 0 fully saturated rings. The average molecular weight is 1090 g/mol. The molecule has 0 aliphatic rings. The molecule has 12 aromatic rings. The fraction of sp³-hybridized carbons (Fsp3) is 0.104. The summed E-state index contributed by atoms with van der Waals surface area (Å²) >= 11 is 0. The van der Waals surface area contributed by atoms with Gasteiger partial charge < -0.3 is 9.80 Å². The van der Waals surface area contributed by atoms with E-state index in [-0.39, 0.29) is 0 Å². The van der Waals surface area contributed by atoms with Crippen molar-refractivity contribution in [1.82, 2.24) is 15.0 Å². The standard InChI is InChI=1S/C77H67N7/c1-52-19-35-62(36-20-52)81(63-37-21-53(2)22-38-63)73-72(75-78-70(60-15-11-9-12-16-60)51-71(79-75)61-17-13-10-14-18-61)74(82(64-39-23-54(3)24-40-64)65-41-25-55(4)26-42-65)77(84(68-47-31-58(7)32-48-68)69-49-33-59(8)34-50-69)80-76(73)83(66-43-27-56(5)28-44-66)67-45-29-57(6)30-46-67/h9-51H,1-8H3. The smallest absolute Gasteiger partial charge is 0.165 e. The van der Waals surface area contributed by atoms with E-state index < -0.39 is 0 Å². The van der Waals surface area contributed by atoms with Crippen molar-refractivity contribution in [1.29, 1.82) is 0 Å². The van der Waals surface area contributed by atoms with Gasteiger partial charge >= 0.3 is 0 Å². The molecule has 410 valence electrons. The van der Waals surface area contributed by atoms with E-state index in [1.54, 1.807) is 0 Å². The fourth-order valence-electron chi connectivity index (χ4n) is 10.7. The van der Waals surface area contributed by atoms with E-state index in [9.17, 15) is 0 Å². The number of rotatable bonds is 15. The Kier molecular flexibility index (Phi) is 15.2. The Labute approximate surface area is 495 Å². The monoisotopic (exact) mass is 1090 g/mol. The molecule has 7 heteroatoms. The molecule has 7 nitrogen and oxygen atoms in total. The zero-order valence-electron chi connectivity index (χ0n) is 49.0. The average Bonchev–Trinajstić information content (AvgIpc) is 1.72. The minimum absolute atomic E-state index is 0.499. The van der Waals surface area contributed by atoms with Crippen LogP contribution in [0.2, 0.25) is 0 Å². The van der Waals surface area contributed by atoms with Crippen LogP contribution in [0.3, 0.4) is 0 Å². The lowest BCUT2D eigenvalue weighted by atomic mass is 10.0. The fourth-order valence-corrected chi connectivity index (χ4v) is 10.7. The summed E-state index contributed by atoms with van der Waals surface area (Å²) in [7, 11) is 0. The van der Waals surface area contributed by atoms with Gasteiger partial charge in [-0.1, -0.05) is 202 Å². The largest absolute Gasteiger partial charge is 0.306 e. The first-order valence-corrected chi connectivity index (χ1v) is 28.7. The van der Waals surface area contributed by atoms with Crippen molar-refractivity contribution < 1.29 is 0 Å². The maximum atomic E-state index is 6.44. The summed E-state index contributed by atoms with van der Waals surface area (Å²) in [6.45, 7) is 17.1. The number of pyridine rings is 1. The molecule has 0 unspecified atom stereocenters. The molecule has 0 atom stereocenters. The molecular formula is C77H67N7. The van der Waals surface area contributed by atoms with Gasteiger partial charge in [0, 0.05) is 56.6 Å². The third-order valence-corrected chi connectivity index (χ3v) is 15.4. The Balaban J connectivity index is 1.40. The highest BCUT2D eigenvalue weighted by Crippen LogP contribution is 2.58. The van der Waals surface area contributed by atoms with Crippen LogP contribution in [-0.4, -0.2) is 15.0 Å². The SMILES string of the molecule is Cc1ccc(N(c2ccc(C)cc2)c2nc(N(c3ccc(C)cc3)c3ccc(C)cc3)c(N(c3ccc(C)cc3)c3ccc(C)cc3)c(-c3nc(-c4ccccc4)cc(-c4ccccc4)n3)c2N(c2ccc(C)cc2)c2ccc(C)cc2)cc1. The lowest BCUT2D eigenvalue weighted by Crippen LogP contribution is -2.25. The van der Waals surface area contributed by atoms with Gasteiger partial charge in [0.1, 0.15) is 11.4 Å². The van der Waals surface area contributed by atoms with Crippen LogP contribution in [0.1, 0.15) is 44.5 Å². The zero-order chi connectivity index (χ0) is 57.8.